The molecule has 0 amide bonds. The lowest BCUT2D eigenvalue weighted by molar-refractivity contribution is 1.47. The number of benzene rings is 16. The quantitative estimate of drug-likeness (QED) is 0.115. The van der Waals surface area contributed by atoms with E-state index in [1.807, 2.05) is 0 Å². The van der Waals surface area contributed by atoms with Crippen LogP contribution >= 0.6 is 0 Å². The van der Waals surface area contributed by atoms with Gasteiger partial charge >= 0.3 is 0 Å². The summed E-state index contributed by atoms with van der Waals surface area (Å²) < 4.78 is 0. The van der Waals surface area contributed by atoms with Gasteiger partial charge < -0.3 is 0 Å². The van der Waals surface area contributed by atoms with Crippen LogP contribution in [0.2, 0.25) is 0 Å². The van der Waals surface area contributed by atoms with Gasteiger partial charge in [0.25, 0.3) is 0 Å². The fourth-order valence-electron chi connectivity index (χ4n) is 15.0. The van der Waals surface area contributed by atoms with Crippen LogP contribution in [0.15, 0.2) is 273 Å². The van der Waals surface area contributed by atoms with Crippen LogP contribution in [0, 0.1) is 6.92 Å². The largest absolute Gasteiger partial charge is 0.0622 e. The van der Waals surface area contributed by atoms with E-state index < -0.39 is 0 Å². The normalized spacial score (nSPS) is 12.3. The number of hydrogen-bond acceptors (Lipinski definition) is 0. The van der Waals surface area contributed by atoms with E-state index in [1.54, 1.807) is 0 Å². The van der Waals surface area contributed by atoms with Gasteiger partial charge in [0.2, 0.25) is 0 Å². The summed E-state index contributed by atoms with van der Waals surface area (Å²) in [5.74, 6) is 0. The fourth-order valence-corrected chi connectivity index (χ4v) is 15.0. The smallest absolute Gasteiger partial charge is 0.000718 e. The molecule has 81 heavy (non-hydrogen) atoms. The van der Waals surface area contributed by atoms with Crippen LogP contribution in [-0.4, -0.2) is 0 Å². The van der Waals surface area contributed by atoms with E-state index in [-0.39, 0.29) is 0 Å². The standard InChI is InChI=1S/C81H48/c1-47-31-33-51(34-32-47)70-58-27-12-13-28-59(58)71(54-24-16-23-53(45-54)48-17-4-2-5-18-48)79-67-42-38-63-64-39-43-68-77-69(44-40-65(74(64)77)62-37-41-66(78(70)79)76(67)73(62)63)81-75(57-26-11-10-25-56(57)50-20-6-3-7-21-50)61-30-15-14-29-60(61)72(80(68)81)55-36-35-49-19-8-9-22-52(49)46-55/h2-46H,1H3. The minimum absolute atomic E-state index is 1.21. The highest BCUT2D eigenvalue weighted by molar-refractivity contribution is 6.42. The summed E-state index contributed by atoms with van der Waals surface area (Å²) in [7, 11) is 0. The van der Waals surface area contributed by atoms with E-state index in [4.69, 9.17) is 0 Å². The van der Waals surface area contributed by atoms with Crippen LogP contribution in [0.1, 0.15) is 5.56 Å². The molecule has 0 spiro atoms. The van der Waals surface area contributed by atoms with Crippen molar-refractivity contribution in [2.75, 3.05) is 0 Å². The first-order chi connectivity index (χ1) is 40.1. The summed E-state index contributed by atoms with van der Waals surface area (Å²) in [6, 6.07) is 103. The van der Waals surface area contributed by atoms with Gasteiger partial charge in [0.15, 0.2) is 0 Å². The number of fused-ring (bicyclic) bond motifs is 11. The van der Waals surface area contributed by atoms with Gasteiger partial charge in [-0.2, -0.15) is 0 Å². The lowest BCUT2D eigenvalue weighted by Crippen LogP contribution is -1.95. The Labute approximate surface area is 469 Å². The van der Waals surface area contributed by atoms with Gasteiger partial charge in [-0.3, -0.25) is 0 Å². The topological polar surface area (TPSA) is 0 Å². The van der Waals surface area contributed by atoms with E-state index in [2.05, 4.69) is 280 Å². The van der Waals surface area contributed by atoms with Crippen LogP contribution in [0.3, 0.4) is 0 Å². The monoisotopic (exact) mass is 1020 g/mol. The molecule has 0 fully saturated rings. The molecule has 0 aromatic heterocycles. The summed E-state index contributed by atoms with van der Waals surface area (Å²) in [6.45, 7) is 2.19. The van der Waals surface area contributed by atoms with E-state index in [9.17, 15) is 0 Å². The van der Waals surface area contributed by atoms with Crippen molar-refractivity contribution in [2.45, 2.75) is 6.92 Å². The van der Waals surface area contributed by atoms with E-state index in [1.165, 1.54) is 192 Å². The van der Waals surface area contributed by atoms with Crippen LogP contribution in [0.25, 0.3) is 187 Å². The molecule has 16 aromatic rings. The highest BCUT2D eigenvalue weighted by Gasteiger charge is 2.36. The molecule has 0 atom stereocenters. The van der Waals surface area contributed by atoms with Gasteiger partial charge in [-0.1, -0.05) is 266 Å². The van der Waals surface area contributed by atoms with Gasteiger partial charge in [-0.15, -0.1) is 0 Å². The Morgan fingerprint density at radius 3 is 1.12 bits per heavy atom. The molecule has 18 rings (SSSR count). The summed E-state index contributed by atoms with van der Waals surface area (Å²) in [4.78, 5) is 0. The SMILES string of the molecule is Cc1ccc(-c2c3c(c(-c4cccc(-c5ccccc5)c4)c4ccccc24)-c2ccc4c5ccc6c7c(ccc(c8ccc-3c2c48)c75)-c2c-6c(-c3ccc4ccccc4c3)c3ccccc3c2-c2ccccc2-c2ccccc2)cc1. The molecule has 0 nitrogen and oxygen atoms in total. The van der Waals surface area contributed by atoms with Gasteiger partial charge in [-0.05, 0) is 206 Å². The number of aryl methyl sites for hydroxylation is 1. The fraction of sp³-hybridized carbons (Fsp3) is 0.0123. The van der Waals surface area contributed by atoms with E-state index >= 15 is 0 Å². The summed E-state index contributed by atoms with van der Waals surface area (Å²) in [5.41, 5.74) is 26.7. The minimum Gasteiger partial charge on any atom is -0.0622 e. The Bertz CT molecular complexity index is 5350. The third-order valence-corrected chi connectivity index (χ3v) is 18.3. The van der Waals surface area contributed by atoms with E-state index in [0.717, 1.165) is 0 Å². The van der Waals surface area contributed by atoms with Crippen LogP contribution in [0.4, 0.5) is 0 Å². The van der Waals surface area contributed by atoms with Gasteiger partial charge in [-0.25, -0.2) is 0 Å². The van der Waals surface area contributed by atoms with Crippen molar-refractivity contribution in [1.29, 1.82) is 0 Å². The molecule has 0 saturated carbocycles. The van der Waals surface area contributed by atoms with Crippen molar-refractivity contribution in [3.05, 3.63) is 279 Å². The van der Waals surface area contributed by atoms with Crippen LogP contribution in [-0.2, 0) is 0 Å². The predicted molar refractivity (Wildman–Crippen MR) is 346 cm³/mol. The maximum absolute atomic E-state index is 2.48. The summed E-state index contributed by atoms with van der Waals surface area (Å²) >= 11 is 0. The Morgan fingerprint density at radius 2 is 0.568 bits per heavy atom. The van der Waals surface area contributed by atoms with Crippen LogP contribution < -0.4 is 0 Å². The van der Waals surface area contributed by atoms with Crippen molar-refractivity contribution in [3.63, 3.8) is 0 Å². The molecule has 0 heteroatoms. The first-order valence-electron chi connectivity index (χ1n) is 28.4. The molecule has 16 aromatic carbocycles. The number of hydrogen-bond donors (Lipinski definition) is 0. The van der Waals surface area contributed by atoms with Crippen molar-refractivity contribution >= 4 is 75.4 Å². The lowest BCUT2D eigenvalue weighted by atomic mass is 9.80. The summed E-state index contributed by atoms with van der Waals surface area (Å²) in [5, 5.41) is 18.1. The number of rotatable bonds is 6. The molecule has 2 aliphatic carbocycles. The zero-order valence-electron chi connectivity index (χ0n) is 44.5. The first-order valence-corrected chi connectivity index (χ1v) is 28.4. The molecule has 0 heterocycles. The van der Waals surface area contributed by atoms with Gasteiger partial charge in [0.05, 0.1) is 0 Å². The Kier molecular flexibility index (Phi) is 9.25. The van der Waals surface area contributed by atoms with Crippen molar-refractivity contribution in [1.82, 2.24) is 0 Å². The molecule has 0 aliphatic heterocycles. The highest BCUT2D eigenvalue weighted by atomic mass is 14.4. The Hall–Kier alpha value is -10.4. The van der Waals surface area contributed by atoms with E-state index in [0.29, 0.717) is 0 Å². The zero-order valence-corrected chi connectivity index (χ0v) is 44.5. The Balaban J connectivity index is 0.949. The second kappa shape index (κ2) is 16.8. The molecule has 0 unspecified atom stereocenters. The van der Waals surface area contributed by atoms with Gasteiger partial charge in [0, 0.05) is 0 Å². The molecule has 0 saturated heterocycles. The highest BCUT2D eigenvalue weighted by Crippen LogP contribution is 2.63. The Morgan fingerprint density at radius 1 is 0.173 bits per heavy atom. The van der Waals surface area contributed by atoms with Crippen molar-refractivity contribution in [2.24, 2.45) is 0 Å². The average Bonchev–Trinajstić information content (AvgIpc) is 4.19. The van der Waals surface area contributed by atoms with Crippen molar-refractivity contribution < 1.29 is 0 Å². The maximum atomic E-state index is 2.48. The maximum Gasteiger partial charge on any atom is -0.000718 e. The average molecular weight is 1020 g/mol. The zero-order chi connectivity index (χ0) is 53.0. The van der Waals surface area contributed by atoms with Crippen LogP contribution in [0.5, 0.6) is 0 Å². The third-order valence-electron chi connectivity index (χ3n) is 18.3. The molecule has 0 radical (unpaired) electrons. The summed E-state index contributed by atoms with van der Waals surface area (Å²) in [6.07, 6.45) is 0. The predicted octanol–water partition coefficient (Wildman–Crippen LogP) is 22.8. The molecule has 0 N–H and O–H groups in total. The molecule has 2 aliphatic rings. The molecule has 372 valence electrons. The lowest BCUT2D eigenvalue weighted by Gasteiger charge is -2.22. The second-order valence-electron chi connectivity index (χ2n) is 22.5. The second-order valence-corrected chi connectivity index (χ2v) is 22.5. The molecule has 0 bridgehead atoms. The third kappa shape index (κ3) is 6.19. The first kappa shape index (κ1) is 44.6. The van der Waals surface area contributed by atoms with Gasteiger partial charge in [0.1, 0.15) is 0 Å². The van der Waals surface area contributed by atoms with Crippen molar-refractivity contribution in [3.8, 4) is 111 Å². The molecular weight excluding hydrogens is 973 g/mol. The molecular formula is C81H48. The minimum atomic E-state index is 1.21.